The smallest absolute Gasteiger partial charge is 0.234 e. The van der Waals surface area contributed by atoms with Gasteiger partial charge in [0.05, 0.1) is 22.6 Å². The lowest BCUT2D eigenvalue weighted by Gasteiger charge is -2.16. The van der Waals surface area contributed by atoms with E-state index in [1.165, 1.54) is 0 Å². The van der Waals surface area contributed by atoms with Gasteiger partial charge in [-0.2, -0.15) is 0 Å². The van der Waals surface area contributed by atoms with Gasteiger partial charge in [0.2, 0.25) is 5.91 Å². The van der Waals surface area contributed by atoms with Gasteiger partial charge in [0.1, 0.15) is 0 Å². The Morgan fingerprint density at radius 1 is 1.50 bits per heavy atom. The van der Waals surface area contributed by atoms with E-state index in [1.54, 1.807) is 17.8 Å². The van der Waals surface area contributed by atoms with Crippen LogP contribution in [0.1, 0.15) is 11.6 Å². The van der Waals surface area contributed by atoms with Gasteiger partial charge in [-0.1, -0.05) is 29.3 Å². The Morgan fingerprint density at radius 3 is 2.89 bits per heavy atom. The van der Waals surface area contributed by atoms with E-state index in [9.17, 15) is 4.79 Å². The third-order valence-corrected chi connectivity index (χ3v) is 4.79. The van der Waals surface area contributed by atoms with Crippen LogP contribution in [0.25, 0.3) is 0 Å². The van der Waals surface area contributed by atoms with E-state index < -0.39 is 0 Å². The van der Waals surface area contributed by atoms with Crippen LogP contribution >= 0.6 is 35.0 Å². The maximum atomic E-state index is 11.8. The summed E-state index contributed by atoms with van der Waals surface area (Å²) < 4.78 is 0. The van der Waals surface area contributed by atoms with Crippen molar-refractivity contribution < 1.29 is 4.79 Å². The number of hydrogen-bond acceptors (Lipinski definition) is 3. The molecular weight excluding hydrogens is 291 g/mol. The van der Waals surface area contributed by atoms with E-state index in [0.29, 0.717) is 16.6 Å². The van der Waals surface area contributed by atoms with Crippen LogP contribution in [0.4, 0.5) is 0 Å². The van der Waals surface area contributed by atoms with Crippen LogP contribution in [-0.4, -0.2) is 37.2 Å². The second-order valence-electron chi connectivity index (χ2n) is 4.45. The molecule has 2 rings (SSSR count). The molecule has 0 aliphatic carbocycles. The quantitative estimate of drug-likeness (QED) is 0.932. The third-order valence-electron chi connectivity index (χ3n) is 2.65. The van der Waals surface area contributed by atoms with Crippen molar-refractivity contribution in [1.82, 2.24) is 10.2 Å². The predicted molar refractivity (Wildman–Crippen MR) is 76.6 cm³/mol. The highest BCUT2D eigenvalue weighted by molar-refractivity contribution is 7.99. The van der Waals surface area contributed by atoms with Crippen LogP contribution in [0.2, 0.25) is 10.0 Å². The number of benzene rings is 1. The van der Waals surface area contributed by atoms with Crippen molar-refractivity contribution in [1.29, 1.82) is 0 Å². The van der Waals surface area contributed by atoms with Crippen molar-refractivity contribution in [2.75, 3.05) is 26.4 Å². The number of thioether (sulfide) groups is 1. The van der Waals surface area contributed by atoms with Crippen molar-refractivity contribution in [3.63, 3.8) is 0 Å². The molecule has 1 amide bonds. The van der Waals surface area contributed by atoms with E-state index >= 15 is 0 Å². The first-order valence-electron chi connectivity index (χ1n) is 5.54. The summed E-state index contributed by atoms with van der Waals surface area (Å²) >= 11 is 13.8. The third kappa shape index (κ3) is 2.94. The van der Waals surface area contributed by atoms with E-state index in [2.05, 4.69) is 5.32 Å². The average Bonchev–Trinajstić information content (AvgIpc) is 2.66. The summed E-state index contributed by atoms with van der Waals surface area (Å²) in [5, 5.41) is 4.16. The Hall–Kier alpha value is -0.420. The lowest BCUT2D eigenvalue weighted by atomic mass is 10.1. The molecule has 6 heteroatoms. The summed E-state index contributed by atoms with van der Waals surface area (Å²) in [4.78, 5) is 14.6. The zero-order valence-corrected chi connectivity index (χ0v) is 12.5. The Kier molecular flexibility index (Phi) is 4.43. The molecule has 3 nitrogen and oxygen atoms in total. The maximum Gasteiger partial charge on any atom is 0.234 e. The molecular formula is C12H14Cl2N2OS. The molecule has 1 N–H and O–H groups in total. The van der Waals surface area contributed by atoms with Gasteiger partial charge in [-0.3, -0.25) is 4.79 Å². The molecule has 0 radical (unpaired) electrons. The van der Waals surface area contributed by atoms with Crippen molar-refractivity contribution >= 4 is 40.9 Å². The molecule has 1 unspecified atom stereocenters. The second-order valence-corrected chi connectivity index (χ2v) is 6.26. The molecule has 1 aliphatic rings. The first-order valence-corrected chi connectivity index (χ1v) is 7.28. The zero-order valence-electron chi connectivity index (χ0n) is 10.2. The van der Waals surface area contributed by atoms with Crippen LogP contribution in [0.15, 0.2) is 17.0 Å². The number of amides is 1. The first kappa shape index (κ1) is 14.0. The number of halogens is 2. The average molecular weight is 305 g/mol. The van der Waals surface area contributed by atoms with Gasteiger partial charge >= 0.3 is 0 Å². The summed E-state index contributed by atoms with van der Waals surface area (Å²) in [7, 11) is 3.74. The van der Waals surface area contributed by atoms with E-state index in [0.717, 1.165) is 16.2 Å². The lowest BCUT2D eigenvalue weighted by molar-refractivity contribution is -0.122. The molecule has 0 saturated carbocycles. The van der Waals surface area contributed by atoms with Gasteiger partial charge in [-0.15, -0.1) is 11.8 Å². The molecule has 1 aliphatic heterocycles. The SMILES string of the molecule is CN(C)CC(=O)NC1CSc2c1ccc(Cl)c2Cl. The van der Waals surface area contributed by atoms with Crippen LogP contribution < -0.4 is 5.32 Å². The number of rotatable bonds is 3. The summed E-state index contributed by atoms with van der Waals surface area (Å²) in [6, 6.07) is 3.73. The molecule has 1 aromatic carbocycles. The number of nitrogens with zero attached hydrogens (tertiary/aromatic N) is 1. The molecule has 0 fully saturated rings. The van der Waals surface area contributed by atoms with Gasteiger partial charge in [0, 0.05) is 10.6 Å². The predicted octanol–water partition coefficient (Wildman–Crippen LogP) is 2.82. The Balaban J connectivity index is 2.13. The van der Waals surface area contributed by atoms with Gasteiger partial charge in [-0.25, -0.2) is 0 Å². The van der Waals surface area contributed by atoms with Crippen molar-refractivity contribution in [3.05, 3.63) is 27.7 Å². The fourth-order valence-electron chi connectivity index (χ4n) is 1.87. The molecule has 0 saturated heterocycles. The van der Waals surface area contributed by atoms with Crippen LogP contribution in [0.5, 0.6) is 0 Å². The van der Waals surface area contributed by atoms with Gasteiger partial charge in [0.15, 0.2) is 0 Å². The normalized spacial score (nSPS) is 17.9. The largest absolute Gasteiger partial charge is 0.347 e. The molecule has 1 atom stereocenters. The topological polar surface area (TPSA) is 32.3 Å². The van der Waals surface area contributed by atoms with Crippen molar-refractivity contribution in [2.24, 2.45) is 0 Å². The van der Waals surface area contributed by atoms with Crippen LogP contribution in [0, 0.1) is 0 Å². The number of nitrogens with one attached hydrogen (secondary N) is 1. The fraction of sp³-hybridized carbons (Fsp3) is 0.417. The molecule has 98 valence electrons. The highest BCUT2D eigenvalue weighted by Gasteiger charge is 2.27. The van der Waals surface area contributed by atoms with Crippen LogP contribution in [0.3, 0.4) is 0 Å². The minimum absolute atomic E-state index is 0.0181. The number of carbonyl (C=O) groups is 1. The minimum Gasteiger partial charge on any atom is -0.347 e. The maximum absolute atomic E-state index is 11.8. The number of carbonyl (C=O) groups excluding carboxylic acids is 1. The first-order chi connectivity index (χ1) is 8.49. The lowest BCUT2D eigenvalue weighted by Crippen LogP contribution is -2.35. The number of fused-ring (bicyclic) bond motifs is 1. The van der Waals surface area contributed by atoms with Crippen molar-refractivity contribution in [2.45, 2.75) is 10.9 Å². The molecule has 0 aromatic heterocycles. The molecule has 1 aromatic rings. The summed E-state index contributed by atoms with van der Waals surface area (Å²) in [6.45, 7) is 0.387. The van der Waals surface area contributed by atoms with Crippen molar-refractivity contribution in [3.8, 4) is 0 Å². The van der Waals surface area contributed by atoms with E-state index in [1.807, 2.05) is 25.1 Å². The van der Waals surface area contributed by atoms with Gasteiger partial charge in [-0.05, 0) is 25.7 Å². The Bertz CT molecular complexity index is 479. The monoisotopic (exact) mass is 304 g/mol. The minimum atomic E-state index is 0.0181. The summed E-state index contributed by atoms with van der Waals surface area (Å²) in [6.07, 6.45) is 0. The number of likely N-dealkylation sites (N-methyl/N-ethyl adjacent to an activating group) is 1. The standard InChI is InChI=1S/C12H14Cl2N2OS/c1-16(2)5-10(17)15-9-6-18-12-7(9)3-4-8(13)11(12)14/h3-4,9H,5-6H2,1-2H3,(H,15,17). The Morgan fingerprint density at radius 2 is 2.22 bits per heavy atom. The van der Waals surface area contributed by atoms with Crippen LogP contribution in [-0.2, 0) is 4.79 Å². The van der Waals surface area contributed by atoms with Gasteiger partial charge < -0.3 is 10.2 Å². The number of hydrogen-bond donors (Lipinski definition) is 1. The Labute approximate surface area is 121 Å². The van der Waals surface area contributed by atoms with E-state index in [4.69, 9.17) is 23.2 Å². The molecule has 0 bridgehead atoms. The summed E-state index contributed by atoms with van der Waals surface area (Å²) in [5.41, 5.74) is 1.06. The van der Waals surface area contributed by atoms with Gasteiger partial charge in [0.25, 0.3) is 0 Å². The zero-order chi connectivity index (χ0) is 13.3. The highest BCUT2D eigenvalue weighted by Crippen LogP contribution is 2.45. The fourth-order valence-corrected chi connectivity index (χ4v) is 3.63. The molecule has 0 spiro atoms. The highest BCUT2D eigenvalue weighted by atomic mass is 35.5. The molecule has 18 heavy (non-hydrogen) atoms. The second kappa shape index (κ2) is 5.70. The van der Waals surface area contributed by atoms with E-state index in [-0.39, 0.29) is 11.9 Å². The summed E-state index contributed by atoms with van der Waals surface area (Å²) in [5.74, 6) is 0.818. The molecule has 1 heterocycles.